The number of nitrogens with zero attached hydrogens (tertiary/aromatic N) is 1. The van der Waals surface area contributed by atoms with E-state index in [1.54, 1.807) is 19.2 Å². The maximum absolute atomic E-state index is 11.0. The van der Waals surface area contributed by atoms with Crippen molar-refractivity contribution < 1.29 is 14.3 Å². The highest BCUT2D eigenvalue weighted by Crippen LogP contribution is 2.13. The zero-order valence-corrected chi connectivity index (χ0v) is 9.03. The van der Waals surface area contributed by atoms with Crippen molar-refractivity contribution in [1.29, 1.82) is 0 Å². The second-order valence-corrected chi connectivity index (χ2v) is 2.99. The van der Waals surface area contributed by atoms with Gasteiger partial charge in [0.15, 0.2) is 0 Å². The average Bonchev–Trinajstić information content (AvgIpc) is 2.21. The number of aryl methyl sites for hydroxylation is 1. The molecule has 15 heavy (non-hydrogen) atoms. The summed E-state index contributed by atoms with van der Waals surface area (Å²) in [5.41, 5.74) is 0.821. The molecule has 0 saturated heterocycles. The molecule has 0 amide bonds. The molecule has 0 spiro atoms. The quantitative estimate of drug-likeness (QED) is 0.693. The molecule has 0 aliphatic heterocycles. The maximum Gasteiger partial charge on any atom is 0.309 e. The fourth-order valence-corrected chi connectivity index (χ4v) is 1.10. The summed E-state index contributed by atoms with van der Waals surface area (Å²) < 4.78 is 10.2. The summed E-state index contributed by atoms with van der Waals surface area (Å²) in [7, 11) is 0. The lowest BCUT2D eigenvalue weighted by Crippen LogP contribution is -2.10. The van der Waals surface area contributed by atoms with Gasteiger partial charge in [-0.2, -0.15) is 0 Å². The first kappa shape index (κ1) is 11.5. The number of carbonyl (C=O) groups excluding carboxylic acids is 1. The van der Waals surface area contributed by atoms with Crippen molar-refractivity contribution in [2.75, 3.05) is 13.2 Å². The van der Waals surface area contributed by atoms with E-state index in [9.17, 15) is 4.79 Å². The second-order valence-electron chi connectivity index (χ2n) is 2.99. The Morgan fingerprint density at radius 2 is 2.33 bits per heavy atom. The van der Waals surface area contributed by atoms with Gasteiger partial charge in [0.05, 0.1) is 25.3 Å². The standard InChI is InChI=1S/C11H15NO3/c1-3-14-11(13)6-8-15-10-5-4-7-12-9(10)2/h4-5,7H,3,6,8H2,1-2H3. The lowest BCUT2D eigenvalue weighted by atomic mass is 10.3. The molecule has 0 bridgehead atoms. The van der Waals surface area contributed by atoms with E-state index in [2.05, 4.69) is 4.98 Å². The van der Waals surface area contributed by atoms with E-state index >= 15 is 0 Å². The van der Waals surface area contributed by atoms with E-state index in [0.29, 0.717) is 19.0 Å². The van der Waals surface area contributed by atoms with Crippen LogP contribution >= 0.6 is 0 Å². The molecule has 0 saturated carbocycles. The van der Waals surface area contributed by atoms with Crippen LogP contribution in [-0.4, -0.2) is 24.2 Å². The van der Waals surface area contributed by atoms with E-state index in [1.807, 2.05) is 13.0 Å². The molecule has 4 nitrogen and oxygen atoms in total. The zero-order valence-electron chi connectivity index (χ0n) is 9.03. The molecule has 1 rings (SSSR count). The van der Waals surface area contributed by atoms with Crippen LogP contribution in [0.1, 0.15) is 19.0 Å². The van der Waals surface area contributed by atoms with Crippen LogP contribution in [0.4, 0.5) is 0 Å². The number of pyridine rings is 1. The lowest BCUT2D eigenvalue weighted by Gasteiger charge is -2.07. The van der Waals surface area contributed by atoms with Crippen LogP contribution in [0, 0.1) is 6.92 Å². The summed E-state index contributed by atoms with van der Waals surface area (Å²) in [5.74, 6) is 0.473. The molecular formula is C11H15NO3. The Balaban J connectivity index is 2.32. The van der Waals surface area contributed by atoms with Crippen LogP contribution in [-0.2, 0) is 9.53 Å². The van der Waals surface area contributed by atoms with Crippen LogP contribution in [0.2, 0.25) is 0 Å². The predicted molar refractivity (Wildman–Crippen MR) is 55.7 cm³/mol. The van der Waals surface area contributed by atoms with Crippen molar-refractivity contribution >= 4 is 5.97 Å². The molecule has 1 aromatic rings. The van der Waals surface area contributed by atoms with Crippen molar-refractivity contribution in [3.8, 4) is 5.75 Å². The second kappa shape index (κ2) is 6.01. The summed E-state index contributed by atoms with van der Waals surface area (Å²) in [4.78, 5) is 15.1. The summed E-state index contributed by atoms with van der Waals surface area (Å²) in [6, 6.07) is 3.63. The van der Waals surface area contributed by atoms with E-state index in [1.165, 1.54) is 0 Å². The molecule has 4 heteroatoms. The minimum absolute atomic E-state index is 0.237. The van der Waals surface area contributed by atoms with Gasteiger partial charge in [0.25, 0.3) is 0 Å². The molecule has 0 radical (unpaired) electrons. The van der Waals surface area contributed by atoms with E-state index in [-0.39, 0.29) is 12.4 Å². The number of esters is 1. The SMILES string of the molecule is CCOC(=O)CCOc1cccnc1C. The number of aromatic nitrogens is 1. The van der Waals surface area contributed by atoms with Gasteiger partial charge in [-0.05, 0) is 26.0 Å². The molecule has 1 aromatic heterocycles. The minimum Gasteiger partial charge on any atom is -0.491 e. The van der Waals surface area contributed by atoms with Crippen molar-refractivity contribution in [2.24, 2.45) is 0 Å². The number of rotatable bonds is 5. The van der Waals surface area contributed by atoms with Gasteiger partial charge in [0, 0.05) is 6.20 Å². The van der Waals surface area contributed by atoms with E-state index in [4.69, 9.17) is 9.47 Å². The Labute approximate surface area is 89.2 Å². The van der Waals surface area contributed by atoms with Gasteiger partial charge in [-0.25, -0.2) is 0 Å². The monoisotopic (exact) mass is 209 g/mol. The van der Waals surface area contributed by atoms with E-state index in [0.717, 1.165) is 5.69 Å². The van der Waals surface area contributed by atoms with Gasteiger partial charge in [0.2, 0.25) is 0 Å². The number of hydrogen-bond donors (Lipinski definition) is 0. The molecule has 0 atom stereocenters. The third-order valence-corrected chi connectivity index (χ3v) is 1.83. The zero-order chi connectivity index (χ0) is 11.1. The van der Waals surface area contributed by atoms with Crippen LogP contribution in [0.15, 0.2) is 18.3 Å². The summed E-state index contributed by atoms with van der Waals surface area (Å²) >= 11 is 0. The van der Waals surface area contributed by atoms with Gasteiger partial charge in [-0.15, -0.1) is 0 Å². The fraction of sp³-hybridized carbons (Fsp3) is 0.455. The first-order valence-corrected chi connectivity index (χ1v) is 4.94. The predicted octanol–water partition coefficient (Wildman–Crippen LogP) is 1.72. The van der Waals surface area contributed by atoms with Gasteiger partial charge < -0.3 is 9.47 Å². The average molecular weight is 209 g/mol. The molecule has 0 N–H and O–H groups in total. The van der Waals surface area contributed by atoms with Gasteiger partial charge in [-0.1, -0.05) is 0 Å². The molecular weight excluding hydrogens is 194 g/mol. The molecule has 0 aromatic carbocycles. The molecule has 1 heterocycles. The summed E-state index contributed by atoms with van der Waals surface area (Å²) in [6.07, 6.45) is 1.97. The Kier molecular flexibility index (Phi) is 4.60. The van der Waals surface area contributed by atoms with Gasteiger partial charge >= 0.3 is 5.97 Å². The Morgan fingerprint density at radius 1 is 1.53 bits per heavy atom. The molecule has 0 aliphatic carbocycles. The van der Waals surface area contributed by atoms with Crippen molar-refractivity contribution in [3.63, 3.8) is 0 Å². The lowest BCUT2D eigenvalue weighted by molar-refractivity contribution is -0.143. The smallest absolute Gasteiger partial charge is 0.309 e. The highest BCUT2D eigenvalue weighted by molar-refractivity contribution is 5.69. The van der Waals surface area contributed by atoms with Gasteiger partial charge in [-0.3, -0.25) is 9.78 Å². The summed E-state index contributed by atoms with van der Waals surface area (Å²) in [6.45, 7) is 4.37. The third kappa shape index (κ3) is 3.97. The number of carbonyl (C=O) groups is 1. The van der Waals surface area contributed by atoms with Crippen molar-refractivity contribution in [2.45, 2.75) is 20.3 Å². The first-order chi connectivity index (χ1) is 7.24. The highest BCUT2D eigenvalue weighted by Gasteiger charge is 2.03. The van der Waals surface area contributed by atoms with Gasteiger partial charge in [0.1, 0.15) is 5.75 Å². The van der Waals surface area contributed by atoms with Crippen LogP contribution in [0.25, 0.3) is 0 Å². The van der Waals surface area contributed by atoms with Crippen molar-refractivity contribution in [3.05, 3.63) is 24.0 Å². The topological polar surface area (TPSA) is 48.4 Å². The summed E-state index contributed by atoms with van der Waals surface area (Å²) in [5, 5.41) is 0. The Hall–Kier alpha value is -1.58. The number of hydrogen-bond acceptors (Lipinski definition) is 4. The van der Waals surface area contributed by atoms with Crippen LogP contribution in [0.5, 0.6) is 5.75 Å². The first-order valence-electron chi connectivity index (χ1n) is 4.94. The normalized spacial score (nSPS) is 9.73. The van der Waals surface area contributed by atoms with Crippen molar-refractivity contribution in [1.82, 2.24) is 4.98 Å². The molecule has 82 valence electrons. The molecule has 0 fully saturated rings. The van der Waals surface area contributed by atoms with Crippen LogP contribution < -0.4 is 4.74 Å². The Morgan fingerprint density at radius 3 is 3.00 bits per heavy atom. The minimum atomic E-state index is -0.237. The van der Waals surface area contributed by atoms with Crippen LogP contribution in [0.3, 0.4) is 0 Å². The molecule has 0 unspecified atom stereocenters. The third-order valence-electron chi connectivity index (χ3n) is 1.83. The maximum atomic E-state index is 11.0. The Bertz CT molecular complexity index is 325. The van der Waals surface area contributed by atoms with E-state index < -0.39 is 0 Å². The highest BCUT2D eigenvalue weighted by atomic mass is 16.5. The fourth-order valence-electron chi connectivity index (χ4n) is 1.10. The largest absolute Gasteiger partial charge is 0.491 e. The molecule has 0 aliphatic rings. The number of ether oxygens (including phenoxy) is 2.